The second kappa shape index (κ2) is 10.1. The predicted octanol–water partition coefficient (Wildman–Crippen LogP) is 3.64. The summed E-state index contributed by atoms with van der Waals surface area (Å²) in [5, 5.41) is 0. The zero-order valence-corrected chi connectivity index (χ0v) is 19.7. The Morgan fingerprint density at radius 3 is 2.61 bits per heavy atom. The Labute approximate surface area is 194 Å². The van der Waals surface area contributed by atoms with Crippen molar-refractivity contribution in [2.24, 2.45) is 0 Å². The Morgan fingerprint density at radius 2 is 1.94 bits per heavy atom. The van der Waals surface area contributed by atoms with E-state index in [4.69, 9.17) is 18.9 Å². The molecule has 0 N–H and O–H groups in total. The first-order valence-corrected chi connectivity index (χ1v) is 11.0. The quantitative estimate of drug-likeness (QED) is 0.277. The van der Waals surface area contributed by atoms with Crippen molar-refractivity contribution in [2.75, 3.05) is 20.3 Å². The summed E-state index contributed by atoms with van der Waals surface area (Å²) in [5.74, 6) is 0.168. The van der Waals surface area contributed by atoms with Crippen molar-refractivity contribution in [1.82, 2.24) is 9.80 Å². The number of fused-ring (bicyclic) bond motifs is 1. The lowest BCUT2D eigenvalue weighted by atomic mass is 10.1. The van der Waals surface area contributed by atoms with Gasteiger partial charge in [0.05, 0.1) is 26.8 Å². The minimum Gasteiger partial charge on any atom is -0.493 e. The summed E-state index contributed by atoms with van der Waals surface area (Å²) in [6.45, 7) is 10.2. The number of hydrogen-bond donors (Lipinski definition) is 0. The first-order valence-electron chi connectivity index (χ1n) is 11.0. The van der Waals surface area contributed by atoms with Crippen LogP contribution in [0.25, 0.3) is 0 Å². The third kappa shape index (κ3) is 5.97. The van der Waals surface area contributed by atoms with Crippen LogP contribution < -0.4 is 4.74 Å². The Hall–Kier alpha value is -3.23. The van der Waals surface area contributed by atoms with Crippen LogP contribution in [0, 0.1) is 0 Å². The van der Waals surface area contributed by atoms with Crippen LogP contribution in [0.15, 0.2) is 30.9 Å². The molecule has 0 saturated carbocycles. The number of methoxy groups -OCH3 is 1. The molecule has 0 radical (unpaired) electrons. The zero-order valence-electron chi connectivity index (χ0n) is 19.7. The maximum atomic E-state index is 12.9. The van der Waals surface area contributed by atoms with Gasteiger partial charge in [-0.1, -0.05) is 18.2 Å². The van der Waals surface area contributed by atoms with E-state index in [-0.39, 0.29) is 13.0 Å². The minimum atomic E-state index is -0.872. The van der Waals surface area contributed by atoms with E-state index in [0.29, 0.717) is 19.7 Å². The van der Waals surface area contributed by atoms with Crippen LogP contribution in [-0.4, -0.2) is 66.0 Å². The lowest BCUT2D eigenvalue weighted by Crippen LogP contribution is -2.44. The molecule has 2 aliphatic rings. The first kappa shape index (κ1) is 24.4. The number of carbonyl (C=O) groups excluding carboxylic acids is 3. The van der Waals surface area contributed by atoms with Crippen molar-refractivity contribution < 1.29 is 33.3 Å². The van der Waals surface area contributed by atoms with Gasteiger partial charge in [-0.05, 0) is 38.8 Å². The number of likely N-dealkylation sites (tertiary alicyclic amines) is 1. The summed E-state index contributed by atoms with van der Waals surface area (Å²) in [6, 6.07) is 4.86. The topological polar surface area (TPSA) is 94.6 Å². The van der Waals surface area contributed by atoms with E-state index in [1.165, 1.54) is 12.0 Å². The van der Waals surface area contributed by atoms with E-state index in [9.17, 15) is 14.4 Å². The van der Waals surface area contributed by atoms with Gasteiger partial charge in [0.15, 0.2) is 0 Å². The molecule has 0 aromatic heterocycles. The number of benzene rings is 1. The highest BCUT2D eigenvalue weighted by Crippen LogP contribution is 2.32. The maximum absolute atomic E-state index is 12.9. The normalized spacial score (nSPS) is 19.6. The van der Waals surface area contributed by atoms with Crippen LogP contribution >= 0.6 is 0 Å². The van der Waals surface area contributed by atoms with Crippen LogP contribution in [0.2, 0.25) is 0 Å². The Morgan fingerprint density at radius 1 is 1.18 bits per heavy atom. The van der Waals surface area contributed by atoms with Crippen molar-refractivity contribution in [2.45, 2.75) is 64.4 Å². The van der Waals surface area contributed by atoms with Gasteiger partial charge in [-0.25, -0.2) is 14.4 Å². The van der Waals surface area contributed by atoms with E-state index in [1.807, 2.05) is 18.2 Å². The number of amides is 2. The monoisotopic (exact) mass is 460 g/mol. The first-order chi connectivity index (χ1) is 15.6. The van der Waals surface area contributed by atoms with E-state index >= 15 is 0 Å². The van der Waals surface area contributed by atoms with Gasteiger partial charge in [-0.3, -0.25) is 9.80 Å². The highest BCUT2D eigenvalue weighted by molar-refractivity contribution is 5.82. The van der Waals surface area contributed by atoms with Gasteiger partial charge in [0, 0.05) is 18.5 Å². The van der Waals surface area contributed by atoms with E-state index in [0.717, 1.165) is 23.3 Å². The summed E-state index contributed by atoms with van der Waals surface area (Å²) in [4.78, 5) is 40.6. The smallest absolute Gasteiger partial charge is 0.411 e. The fourth-order valence-electron chi connectivity index (χ4n) is 3.89. The number of carbonyl (C=O) groups is 3. The molecule has 2 atom stereocenters. The molecule has 180 valence electrons. The van der Waals surface area contributed by atoms with Crippen molar-refractivity contribution in [3.63, 3.8) is 0 Å². The SMILES string of the molecule is C=CCCOc1cccc2c1CN(C(=O)O[C@@H]1C[C@@H](C(=O)OC)N(C(=O)OC(C)(C)C)C1)C2. The van der Waals surface area contributed by atoms with Gasteiger partial charge >= 0.3 is 18.2 Å². The Bertz CT molecular complexity index is 909. The van der Waals surface area contributed by atoms with Crippen LogP contribution in [0.1, 0.15) is 44.7 Å². The molecule has 1 aromatic carbocycles. The molecule has 33 heavy (non-hydrogen) atoms. The van der Waals surface area contributed by atoms with Gasteiger partial charge in [0.2, 0.25) is 0 Å². The summed E-state index contributed by atoms with van der Waals surface area (Å²) < 4.78 is 21.7. The van der Waals surface area contributed by atoms with Crippen LogP contribution in [-0.2, 0) is 32.1 Å². The van der Waals surface area contributed by atoms with E-state index in [1.54, 1.807) is 31.7 Å². The van der Waals surface area contributed by atoms with E-state index in [2.05, 4.69) is 6.58 Å². The molecular weight excluding hydrogens is 428 g/mol. The summed E-state index contributed by atoms with van der Waals surface area (Å²) in [5.41, 5.74) is 1.23. The molecule has 0 spiro atoms. The summed E-state index contributed by atoms with van der Waals surface area (Å²) in [6.07, 6.45) is 0.854. The summed E-state index contributed by atoms with van der Waals surface area (Å²) in [7, 11) is 1.26. The summed E-state index contributed by atoms with van der Waals surface area (Å²) >= 11 is 0. The number of ether oxygens (including phenoxy) is 4. The molecule has 2 amide bonds. The molecule has 1 aromatic rings. The van der Waals surface area contributed by atoms with Crippen LogP contribution in [0.5, 0.6) is 5.75 Å². The number of rotatable bonds is 6. The Kier molecular flexibility index (Phi) is 7.50. The molecule has 9 nitrogen and oxygen atoms in total. The minimum absolute atomic E-state index is 0.0527. The zero-order chi connectivity index (χ0) is 24.2. The van der Waals surface area contributed by atoms with Crippen molar-refractivity contribution in [1.29, 1.82) is 0 Å². The standard InChI is InChI=1S/C24H32N2O7/c1-6-7-11-31-20-10-8-9-16-13-25(15-18(16)20)22(28)32-17-12-19(21(27)30-5)26(14-17)23(29)33-24(2,3)4/h6,8-10,17,19H,1,7,11-15H2,2-5H3/t17-,19+/m1/s1. The largest absolute Gasteiger partial charge is 0.493 e. The van der Waals surface area contributed by atoms with Gasteiger partial charge in [-0.15, -0.1) is 6.58 Å². The van der Waals surface area contributed by atoms with Gasteiger partial charge in [0.1, 0.15) is 23.5 Å². The highest BCUT2D eigenvalue weighted by Gasteiger charge is 2.44. The van der Waals surface area contributed by atoms with Crippen LogP contribution in [0.3, 0.4) is 0 Å². The third-order valence-corrected chi connectivity index (χ3v) is 5.41. The van der Waals surface area contributed by atoms with Gasteiger partial charge < -0.3 is 18.9 Å². The molecule has 2 heterocycles. The van der Waals surface area contributed by atoms with E-state index < -0.39 is 35.9 Å². The molecule has 0 bridgehead atoms. The predicted molar refractivity (Wildman–Crippen MR) is 120 cm³/mol. The molecule has 1 fully saturated rings. The van der Waals surface area contributed by atoms with Gasteiger partial charge in [0.25, 0.3) is 0 Å². The molecule has 1 saturated heterocycles. The fraction of sp³-hybridized carbons (Fsp3) is 0.542. The fourth-order valence-corrected chi connectivity index (χ4v) is 3.89. The van der Waals surface area contributed by atoms with Crippen molar-refractivity contribution in [3.8, 4) is 5.75 Å². The highest BCUT2D eigenvalue weighted by atomic mass is 16.6. The van der Waals surface area contributed by atoms with Crippen LogP contribution in [0.4, 0.5) is 9.59 Å². The molecule has 9 heteroatoms. The average molecular weight is 461 g/mol. The molecule has 3 rings (SSSR count). The molecule has 0 unspecified atom stereocenters. The number of esters is 1. The van der Waals surface area contributed by atoms with Gasteiger partial charge in [-0.2, -0.15) is 0 Å². The molecular formula is C24H32N2O7. The van der Waals surface area contributed by atoms with Crippen molar-refractivity contribution in [3.05, 3.63) is 42.0 Å². The molecule has 0 aliphatic carbocycles. The Balaban J connectivity index is 1.64. The third-order valence-electron chi connectivity index (χ3n) is 5.41. The maximum Gasteiger partial charge on any atom is 0.411 e. The second-order valence-electron chi connectivity index (χ2n) is 9.09. The second-order valence-corrected chi connectivity index (χ2v) is 9.09. The van der Waals surface area contributed by atoms with Crippen molar-refractivity contribution >= 4 is 18.2 Å². The average Bonchev–Trinajstić information content (AvgIpc) is 3.37. The molecule has 2 aliphatic heterocycles. The lowest BCUT2D eigenvalue weighted by molar-refractivity contribution is -0.145. The number of nitrogens with zero attached hydrogens (tertiary/aromatic N) is 2. The number of hydrogen-bond acceptors (Lipinski definition) is 7. The lowest BCUT2D eigenvalue weighted by Gasteiger charge is -2.27.